The highest BCUT2D eigenvalue weighted by atomic mass is 16.5. The van der Waals surface area contributed by atoms with Crippen molar-refractivity contribution in [2.24, 2.45) is 11.8 Å². The number of nitrogens with one attached hydrogen (secondary N) is 1. The first-order valence-corrected chi connectivity index (χ1v) is 16.4. The van der Waals surface area contributed by atoms with Gasteiger partial charge in [0, 0.05) is 51.3 Å². The van der Waals surface area contributed by atoms with Gasteiger partial charge in [0.05, 0.1) is 31.7 Å². The third-order valence-corrected chi connectivity index (χ3v) is 9.77. The molecule has 1 aromatic carbocycles. The molecule has 11 nitrogen and oxygen atoms in total. The Kier molecular flexibility index (Phi) is 9.56. The van der Waals surface area contributed by atoms with E-state index in [1.54, 1.807) is 31.3 Å². The normalized spacial score (nSPS) is 22.5. The van der Waals surface area contributed by atoms with Crippen LogP contribution in [0.1, 0.15) is 65.7 Å². The smallest absolute Gasteiger partial charge is 0.257 e. The van der Waals surface area contributed by atoms with Crippen LogP contribution in [0.4, 0.5) is 0 Å². The molecule has 244 valence electrons. The number of amides is 3. The molecule has 1 N–H and O–H groups in total. The predicted molar refractivity (Wildman–Crippen MR) is 172 cm³/mol. The Morgan fingerprint density at radius 2 is 1.87 bits per heavy atom. The van der Waals surface area contributed by atoms with Gasteiger partial charge in [-0.1, -0.05) is 12.1 Å². The van der Waals surface area contributed by atoms with Gasteiger partial charge >= 0.3 is 0 Å². The van der Waals surface area contributed by atoms with Crippen molar-refractivity contribution in [3.63, 3.8) is 0 Å². The van der Waals surface area contributed by atoms with Crippen LogP contribution in [-0.4, -0.2) is 88.7 Å². The van der Waals surface area contributed by atoms with Gasteiger partial charge < -0.3 is 24.6 Å². The summed E-state index contributed by atoms with van der Waals surface area (Å²) in [6.45, 7) is 4.26. The number of hydrogen-bond donors (Lipinski definition) is 1. The van der Waals surface area contributed by atoms with Crippen molar-refractivity contribution < 1.29 is 23.9 Å². The lowest BCUT2D eigenvalue weighted by atomic mass is 9.77. The van der Waals surface area contributed by atoms with E-state index in [-0.39, 0.29) is 35.6 Å². The molecule has 0 aliphatic carbocycles. The van der Waals surface area contributed by atoms with Crippen LogP contribution in [0.15, 0.2) is 42.7 Å². The van der Waals surface area contributed by atoms with Gasteiger partial charge in [0.15, 0.2) is 17.3 Å². The Hall–Kier alpha value is -4.41. The fraction of sp³-hybridized carbons (Fsp3) is 0.514. The Bertz CT molecular complexity index is 1570. The van der Waals surface area contributed by atoms with E-state index >= 15 is 0 Å². The Morgan fingerprint density at radius 3 is 2.65 bits per heavy atom. The number of carbonyl (C=O) groups is 3. The SMILES string of the molecule is COc1cc2cc(c1OC)CCCNC(=O)CCC[C@H]1[C@H]3C[C@@H](CN(C(=O)c4cnn(-c5ccccn5)c4C)C3)CN1C(=O)CC2. The molecule has 46 heavy (non-hydrogen) atoms. The molecular weight excluding hydrogens is 584 g/mol. The zero-order valence-corrected chi connectivity index (χ0v) is 27.0. The number of methoxy groups -OCH3 is 2. The summed E-state index contributed by atoms with van der Waals surface area (Å²) in [5, 5.41) is 7.54. The van der Waals surface area contributed by atoms with Crippen LogP contribution in [0.2, 0.25) is 0 Å². The number of aryl methyl sites for hydroxylation is 2. The van der Waals surface area contributed by atoms with Crippen LogP contribution >= 0.6 is 0 Å². The first-order valence-electron chi connectivity index (χ1n) is 16.4. The summed E-state index contributed by atoms with van der Waals surface area (Å²) in [5.74, 6) is 2.47. The van der Waals surface area contributed by atoms with E-state index in [1.807, 2.05) is 36.1 Å². The van der Waals surface area contributed by atoms with Gasteiger partial charge in [-0.15, -0.1) is 0 Å². The van der Waals surface area contributed by atoms with E-state index in [0.29, 0.717) is 74.7 Å². The van der Waals surface area contributed by atoms with Gasteiger partial charge in [-0.3, -0.25) is 14.4 Å². The third-order valence-electron chi connectivity index (χ3n) is 9.77. The highest BCUT2D eigenvalue weighted by Gasteiger charge is 2.43. The van der Waals surface area contributed by atoms with Gasteiger partial charge in [-0.25, -0.2) is 9.67 Å². The van der Waals surface area contributed by atoms with Crippen LogP contribution in [0.25, 0.3) is 5.82 Å². The number of ether oxygens (including phenoxy) is 2. The topological polar surface area (TPSA) is 119 Å². The molecule has 3 atom stereocenters. The van der Waals surface area contributed by atoms with Crippen molar-refractivity contribution in [1.82, 2.24) is 29.9 Å². The van der Waals surface area contributed by atoms with Crippen LogP contribution in [0, 0.1) is 18.8 Å². The monoisotopic (exact) mass is 628 g/mol. The molecule has 2 aromatic heterocycles. The molecule has 3 aromatic rings. The minimum absolute atomic E-state index is 0.0257. The van der Waals surface area contributed by atoms with E-state index in [4.69, 9.17) is 9.47 Å². The number of carbonyl (C=O) groups excluding carboxylic acids is 3. The summed E-state index contributed by atoms with van der Waals surface area (Å²) >= 11 is 0. The zero-order chi connectivity index (χ0) is 32.2. The number of piperidine rings is 2. The molecular formula is C35H44N6O5. The predicted octanol–water partition coefficient (Wildman–Crippen LogP) is 3.75. The van der Waals surface area contributed by atoms with Crippen LogP contribution in [-0.2, 0) is 22.4 Å². The van der Waals surface area contributed by atoms with Crippen molar-refractivity contribution in [3.8, 4) is 17.3 Å². The number of benzene rings is 1. The number of fused-ring (bicyclic) bond motifs is 6. The van der Waals surface area contributed by atoms with E-state index in [0.717, 1.165) is 42.5 Å². The van der Waals surface area contributed by atoms with Crippen LogP contribution in [0.3, 0.4) is 0 Å². The maximum atomic E-state index is 13.9. The number of likely N-dealkylation sites (tertiary alicyclic amines) is 1. The Balaban J connectivity index is 1.22. The molecule has 0 radical (unpaired) electrons. The van der Waals surface area contributed by atoms with Crippen molar-refractivity contribution in [2.75, 3.05) is 40.4 Å². The molecule has 2 fully saturated rings. The average Bonchev–Trinajstić information content (AvgIpc) is 3.46. The lowest BCUT2D eigenvalue weighted by Crippen LogP contribution is -2.60. The standard InChI is InChI=1S/C35H44N6O5/c1-23-28(19-38-41(23)31-10-4-5-14-36-31)35(44)39-20-25-17-27(22-39)29-9-6-11-32(42)37-15-7-8-26-16-24(12-13-33(43)40(29)21-25)18-30(45-2)34(26)46-3/h4-5,10,14,16,18-19,25,27,29H,6-9,11-13,15,17,20-22H2,1-3H3,(H,37,42)/t25-,27-,29-/m0/s1. The number of nitrogens with zero attached hydrogens (tertiary/aromatic N) is 5. The van der Waals surface area contributed by atoms with Crippen LogP contribution < -0.4 is 14.8 Å². The van der Waals surface area contributed by atoms with Gasteiger partial charge in [-0.05, 0) is 86.6 Å². The summed E-state index contributed by atoms with van der Waals surface area (Å²) < 4.78 is 13.0. The van der Waals surface area contributed by atoms with Gasteiger partial charge in [0.1, 0.15) is 0 Å². The molecule has 5 heterocycles. The summed E-state index contributed by atoms with van der Waals surface area (Å²) in [4.78, 5) is 49.0. The fourth-order valence-corrected chi connectivity index (χ4v) is 7.57. The largest absolute Gasteiger partial charge is 0.493 e. The van der Waals surface area contributed by atoms with Crippen molar-refractivity contribution in [3.05, 3.63) is 65.1 Å². The second kappa shape index (κ2) is 13.9. The van der Waals surface area contributed by atoms with E-state index in [9.17, 15) is 14.4 Å². The van der Waals surface area contributed by atoms with Crippen molar-refractivity contribution in [2.45, 2.75) is 64.3 Å². The molecule has 4 bridgehead atoms. The summed E-state index contributed by atoms with van der Waals surface area (Å²) in [7, 11) is 3.26. The summed E-state index contributed by atoms with van der Waals surface area (Å²) in [6.07, 6.45) is 8.65. The van der Waals surface area contributed by atoms with Crippen LogP contribution in [0.5, 0.6) is 11.5 Å². The molecule has 0 spiro atoms. The second-order valence-electron chi connectivity index (χ2n) is 12.8. The first-order chi connectivity index (χ1) is 22.4. The van der Waals surface area contributed by atoms with E-state index in [1.165, 1.54) is 0 Å². The lowest BCUT2D eigenvalue weighted by Gasteiger charge is -2.51. The minimum atomic E-state index is -0.0361. The molecule has 2 saturated heterocycles. The summed E-state index contributed by atoms with van der Waals surface area (Å²) in [6, 6.07) is 9.65. The van der Waals surface area contributed by atoms with Crippen molar-refractivity contribution in [1.29, 1.82) is 0 Å². The minimum Gasteiger partial charge on any atom is -0.493 e. The molecule has 3 amide bonds. The lowest BCUT2D eigenvalue weighted by molar-refractivity contribution is -0.140. The molecule has 6 rings (SSSR count). The van der Waals surface area contributed by atoms with Gasteiger partial charge in [0.2, 0.25) is 11.8 Å². The molecule has 0 saturated carbocycles. The third kappa shape index (κ3) is 6.59. The molecule has 3 aliphatic rings. The molecule has 0 unspecified atom stereocenters. The molecule has 11 heteroatoms. The average molecular weight is 629 g/mol. The maximum Gasteiger partial charge on any atom is 0.257 e. The number of hydrogen-bond acceptors (Lipinski definition) is 7. The van der Waals surface area contributed by atoms with Gasteiger partial charge in [-0.2, -0.15) is 5.10 Å². The summed E-state index contributed by atoms with van der Waals surface area (Å²) in [5.41, 5.74) is 3.37. The fourth-order valence-electron chi connectivity index (χ4n) is 7.57. The number of aromatic nitrogens is 3. The first kappa shape index (κ1) is 31.6. The Labute approximate surface area is 270 Å². The molecule has 3 aliphatic heterocycles. The number of rotatable bonds is 4. The van der Waals surface area contributed by atoms with Crippen molar-refractivity contribution >= 4 is 17.7 Å². The Morgan fingerprint density at radius 1 is 1.00 bits per heavy atom. The van der Waals surface area contributed by atoms with Gasteiger partial charge in [0.25, 0.3) is 5.91 Å². The maximum absolute atomic E-state index is 13.9. The number of pyridine rings is 1. The quantitative estimate of drug-likeness (QED) is 0.468. The van der Waals surface area contributed by atoms with E-state index < -0.39 is 0 Å². The highest BCUT2D eigenvalue weighted by Crippen LogP contribution is 2.38. The van der Waals surface area contributed by atoms with E-state index in [2.05, 4.69) is 26.4 Å². The highest BCUT2D eigenvalue weighted by molar-refractivity contribution is 5.95. The zero-order valence-electron chi connectivity index (χ0n) is 27.0. The second-order valence-corrected chi connectivity index (χ2v) is 12.8.